The highest BCUT2D eigenvalue weighted by molar-refractivity contribution is 5.27. The summed E-state index contributed by atoms with van der Waals surface area (Å²) in [5.41, 5.74) is 0.983. The van der Waals surface area contributed by atoms with Crippen molar-refractivity contribution in [1.82, 2.24) is 5.32 Å². The molecule has 0 aliphatic carbocycles. The van der Waals surface area contributed by atoms with Gasteiger partial charge in [-0.3, -0.25) is 0 Å². The van der Waals surface area contributed by atoms with Gasteiger partial charge < -0.3 is 15.2 Å². The zero-order chi connectivity index (χ0) is 14.3. The average molecular weight is 277 g/mol. The number of hydrogen-bond acceptors (Lipinski definition) is 3. The maximum absolute atomic E-state index is 11.8. The number of phenols is 1. The Bertz CT molecular complexity index is 365. The zero-order valence-electron chi connectivity index (χ0n) is 10.7. The second-order valence-corrected chi connectivity index (χ2v) is 4.17. The van der Waals surface area contributed by atoms with Crippen molar-refractivity contribution < 1.29 is 23.0 Å². The number of benzene rings is 1. The van der Waals surface area contributed by atoms with Crippen LogP contribution in [0.4, 0.5) is 13.2 Å². The highest BCUT2D eigenvalue weighted by Crippen LogP contribution is 2.19. The Morgan fingerprint density at radius 3 is 2.42 bits per heavy atom. The van der Waals surface area contributed by atoms with Crippen molar-refractivity contribution in [1.29, 1.82) is 0 Å². The molecule has 6 heteroatoms. The van der Waals surface area contributed by atoms with Crippen LogP contribution in [0, 0.1) is 0 Å². The topological polar surface area (TPSA) is 41.5 Å². The molecule has 0 saturated carbocycles. The lowest BCUT2D eigenvalue weighted by atomic mass is 10.0. The Kier molecular flexibility index (Phi) is 6.11. The molecule has 0 aromatic heterocycles. The van der Waals surface area contributed by atoms with Crippen molar-refractivity contribution in [2.24, 2.45) is 0 Å². The normalized spacial score (nSPS) is 13.5. The summed E-state index contributed by atoms with van der Waals surface area (Å²) in [6.45, 7) is 1.11. The first-order chi connectivity index (χ1) is 8.92. The van der Waals surface area contributed by atoms with Crippen LogP contribution in [0.15, 0.2) is 24.3 Å². The monoisotopic (exact) mass is 277 g/mol. The van der Waals surface area contributed by atoms with E-state index in [1.807, 2.05) is 6.92 Å². The smallest absolute Gasteiger partial charge is 0.411 e. The maximum atomic E-state index is 11.8. The van der Waals surface area contributed by atoms with Crippen LogP contribution in [0.5, 0.6) is 5.75 Å². The number of hydrogen-bond donors (Lipinski definition) is 2. The molecule has 0 radical (unpaired) electrons. The molecule has 0 spiro atoms. The first-order valence-electron chi connectivity index (χ1n) is 6.09. The van der Waals surface area contributed by atoms with E-state index in [0.717, 1.165) is 12.0 Å². The fourth-order valence-electron chi connectivity index (χ4n) is 1.70. The third-order valence-electron chi connectivity index (χ3n) is 2.61. The van der Waals surface area contributed by atoms with Gasteiger partial charge in [0.25, 0.3) is 0 Å². The van der Waals surface area contributed by atoms with Crippen LogP contribution in [0.3, 0.4) is 0 Å². The van der Waals surface area contributed by atoms with Crippen LogP contribution in [0.2, 0.25) is 0 Å². The second-order valence-electron chi connectivity index (χ2n) is 4.17. The van der Waals surface area contributed by atoms with Gasteiger partial charge in [0, 0.05) is 12.6 Å². The van der Waals surface area contributed by atoms with Crippen LogP contribution < -0.4 is 5.32 Å². The van der Waals surface area contributed by atoms with Crippen molar-refractivity contribution in [2.75, 3.05) is 19.8 Å². The first kappa shape index (κ1) is 15.8. The Labute approximate surface area is 110 Å². The second kappa shape index (κ2) is 7.35. The molecule has 2 N–H and O–H groups in total. The Balaban J connectivity index is 2.31. The molecule has 0 heterocycles. The number of nitrogens with one attached hydrogen (secondary N) is 1. The molecule has 0 fully saturated rings. The summed E-state index contributed by atoms with van der Waals surface area (Å²) in [4.78, 5) is 0. The number of halogens is 3. The van der Waals surface area contributed by atoms with Crippen molar-refractivity contribution in [3.05, 3.63) is 29.8 Å². The van der Waals surface area contributed by atoms with Crippen LogP contribution in [0.25, 0.3) is 0 Å². The van der Waals surface area contributed by atoms with Crippen molar-refractivity contribution in [2.45, 2.75) is 25.6 Å². The highest BCUT2D eigenvalue weighted by atomic mass is 19.4. The van der Waals surface area contributed by atoms with E-state index in [4.69, 9.17) is 0 Å². The predicted octanol–water partition coefficient (Wildman–Crippen LogP) is 3.01. The molecule has 1 aromatic carbocycles. The molecule has 0 aliphatic rings. The number of phenolic OH excluding ortho intramolecular Hbond substituents is 1. The minimum Gasteiger partial charge on any atom is -0.508 e. The lowest BCUT2D eigenvalue weighted by Crippen LogP contribution is -2.27. The summed E-state index contributed by atoms with van der Waals surface area (Å²) in [5.74, 6) is 0.187. The van der Waals surface area contributed by atoms with Crippen molar-refractivity contribution in [3.63, 3.8) is 0 Å². The van der Waals surface area contributed by atoms with Gasteiger partial charge >= 0.3 is 6.18 Å². The van der Waals surface area contributed by atoms with E-state index >= 15 is 0 Å². The van der Waals surface area contributed by atoms with Gasteiger partial charge in [0.15, 0.2) is 0 Å². The SMILES string of the molecule is CCC(NCCOCC(F)(F)F)c1ccc(O)cc1. The summed E-state index contributed by atoms with van der Waals surface area (Å²) in [7, 11) is 0. The van der Waals surface area contributed by atoms with Gasteiger partial charge in [0.2, 0.25) is 0 Å². The van der Waals surface area contributed by atoms with Gasteiger partial charge in [-0.15, -0.1) is 0 Å². The lowest BCUT2D eigenvalue weighted by molar-refractivity contribution is -0.173. The van der Waals surface area contributed by atoms with Crippen molar-refractivity contribution >= 4 is 0 Å². The van der Waals surface area contributed by atoms with E-state index in [1.54, 1.807) is 24.3 Å². The number of alkyl halides is 3. The lowest BCUT2D eigenvalue weighted by Gasteiger charge is -2.17. The molecule has 0 aliphatic heterocycles. The number of aromatic hydroxyl groups is 1. The van der Waals surface area contributed by atoms with E-state index in [-0.39, 0.29) is 18.4 Å². The van der Waals surface area contributed by atoms with Crippen LogP contribution in [-0.4, -0.2) is 31.0 Å². The molecule has 108 valence electrons. The Morgan fingerprint density at radius 2 is 1.89 bits per heavy atom. The third kappa shape index (κ3) is 6.45. The van der Waals surface area contributed by atoms with E-state index in [2.05, 4.69) is 10.1 Å². The maximum Gasteiger partial charge on any atom is 0.411 e. The van der Waals surface area contributed by atoms with Gasteiger partial charge in [0.05, 0.1) is 6.61 Å². The number of rotatable bonds is 7. The average Bonchev–Trinajstić information content (AvgIpc) is 2.34. The molecule has 0 amide bonds. The van der Waals surface area contributed by atoms with Crippen LogP contribution >= 0.6 is 0 Å². The molecule has 1 rings (SSSR count). The minimum absolute atomic E-state index is 0.00803. The first-order valence-corrected chi connectivity index (χ1v) is 6.09. The third-order valence-corrected chi connectivity index (χ3v) is 2.61. The van der Waals surface area contributed by atoms with E-state index < -0.39 is 12.8 Å². The summed E-state index contributed by atoms with van der Waals surface area (Å²) in [6.07, 6.45) is -3.48. The molecule has 3 nitrogen and oxygen atoms in total. The van der Waals surface area contributed by atoms with E-state index in [0.29, 0.717) is 6.54 Å². The van der Waals surface area contributed by atoms with Gasteiger partial charge in [-0.1, -0.05) is 19.1 Å². The molecule has 1 aromatic rings. The Morgan fingerprint density at radius 1 is 1.26 bits per heavy atom. The summed E-state index contributed by atoms with van der Waals surface area (Å²) >= 11 is 0. The van der Waals surface area contributed by atoms with Crippen LogP contribution in [-0.2, 0) is 4.74 Å². The van der Waals surface area contributed by atoms with Gasteiger partial charge in [-0.2, -0.15) is 13.2 Å². The summed E-state index contributed by atoms with van der Waals surface area (Å²) in [5, 5.41) is 12.3. The fraction of sp³-hybridized carbons (Fsp3) is 0.538. The summed E-state index contributed by atoms with van der Waals surface area (Å²) in [6, 6.07) is 6.77. The molecular weight excluding hydrogens is 259 g/mol. The fourth-order valence-corrected chi connectivity index (χ4v) is 1.70. The van der Waals surface area contributed by atoms with Gasteiger partial charge in [-0.05, 0) is 24.1 Å². The zero-order valence-corrected chi connectivity index (χ0v) is 10.7. The molecular formula is C13H18F3NO2. The Hall–Kier alpha value is -1.27. The van der Waals surface area contributed by atoms with E-state index in [9.17, 15) is 18.3 Å². The standard InChI is InChI=1S/C13H18F3NO2/c1-2-12(10-3-5-11(18)6-4-10)17-7-8-19-9-13(14,15)16/h3-6,12,17-18H,2,7-9H2,1H3. The molecule has 1 atom stereocenters. The van der Waals surface area contributed by atoms with Gasteiger partial charge in [0.1, 0.15) is 12.4 Å². The number of ether oxygens (including phenoxy) is 1. The molecule has 0 bridgehead atoms. The summed E-state index contributed by atoms with van der Waals surface area (Å²) < 4.78 is 40.0. The van der Waals surface area contributed by atoms with Gasteiger partial charge in [-0.25, -0.2) is 0 Å². The van der Waals surface area contributed by atoms with Crippen molar-refractivity contribution in [3.8, 4) is 5.75 Å². The molecule has 19 heavy (non-hydrogen) atoms. The molecule has 0 saturated heterocycles. The predicted molar refractivity (Wildman–Crippen MR) is 66.0 cm³/mol. The van der Waals surface area contributed by atoms with Crippen LogP contribution in [0.1, 0.15) is 24.9 Å². The largest absolute Gasteiger partial charge is 0.508 e. The minimum atomic E-state index is -4.28. The highest BCUT2D eigenvalue weighted by Gasteiger charge is 2.27. The van der Waals surface area contributed by atoms with E-state index in [1.165, 1.54) is 0 Å². The molecule has 1 unspecified atom stereocenters. The quantitative estimate of drug-likeness (QED) is 0.753.